The van der Waals surface area contributed by atoms with Crippen LogP contribution in [0, 0.1) is 40.4 Å². The van der Waals surface area contributed by atoms with Gasteiger partial charge < -0.3 is 39.7 Å². The molecular weight excluding hydrogens is 488 g/mol. The Bertz CT molecular complexity index is 968. The van der Waals surface area contributed by atoms with Crippen molar-refractivity contribution in [2.24, 2.45) is 40.4 Å². The topological polar surface area (TPSA) is 180 Å². The average Bonchev–Trinajstić information content (AvgIpc) is 2.85. The first kappa shape index (κ1) is 27.1. The molecule has 37 heavy (non-hydrogen) atoms. The van der Waals surface area contributed by atoms with Crippen molar-refractivity contribution in [3.05, 3.63) is 0 Å². The van der Waals surface area contributed by atoms with Crippen LogP contribution in [0.1, 0.15) is 47.0 Å². The van der Waals surface area contributed by atoms with Crippen LogP contribution in [0.25, 0.3) is 0 Å². The Labute approximate surface area is 215 Å². The number of carbonyl (C=O) groups excluding carboxylic acids is 3. The van der Waals surface area contributed by atoms with Gasteiger partial charge in [0.25, 0.3) is 0 Å². The monoisotopic (exact) mass is 526 g/mol. The Morgan fingerprint density at radius 3 is 2.30 bits per heavy atom. The van der Waals surface area contributed by atoms with Crippen LogP contribution in [0.4, 0.5) is 0 Å². The highest BCUT2D eigenvalue weighted by Crippen LogP contribution is 2.67. The average molecular weight is 527 g/mol. The molecule has 5 N–H and O–H groups in total. The molecule has 3 saturated carbocycles. The van der Waals surface area contributed by atoms with Crippen LogP contribution in [0.3, 0.4) is 0 Å². The molecule has 0 aromatic rings. The lowest BCUT2D eigenvalue weighted by molar-refractivity contribution is -0.315. The highest BCUT2D eigenvalue weighted by atomic mass is 16.7. The molecule has 3 aliphatic carbocycles. The lowest BCUT2D eigenvalue weighted by Gasteiger charge is -2.67. The van der Waals surface area contributed by atoms with E-state index in [0.717, 1.165) is 0 Å². The van der Waals surface area contributed by atoms with E-state index in [1.807, 2.05) is 13.8 Å². The van der Waals surface area contributed by atoms with Crippen molar-refractivity contribution in [3.63, 3.8) is 0 Å². The standard InChI is InChI=1S/C26H38O11/c1-9-5-13(35-24-21(33)19(31)18(30)14(8-27)36-24)23(34)26(4)11(9)6-15-25(3)12(7-16(28)37-15)10(2)17(29)20(32)22(25)26/h9-15,18-22,24,27,30-33H,5-8H2,1-4H3/t9-,10-,11+,12+,13+,14-,15-,18-,19+,20-,21-,22+,24-,25-,26+/m1/s1. The second-order valence-electron chi connectivity index (χ2n) is 12.3. The highest BCUT2D eigenvalue weighted by Gasteiger charge is 2.73. The van der Waals surface area contributed by atoms with Crippen molar-refractivity contribution in [2.75, 3.05) is 6.61 Å². The quantitative estimate of drug-likeness (QED) is 0.223. The van der Waals surface area contributed by atoms with Crippen LogP contribution in [0.2, 0.25) is 0 Å². The van der Waals surface area contributed by atoms with Crippen molar-refractivity contribution in [2.45, 2.75) is 96.0 Å². The van der Waals surface area contributed by atoms with Crippen LogP contribution in [-0.2, 0) is 28.6 Å². The number of ketones is 2. The second kappa shape index (κ2) is 9.04. The summed E-state index contributed by atoms with van der Waals surface area (Å²) in [5.41, 5.74) is -2.02. The van der Waals surface area contributed by atoms with Crippen molar-refractivity contribution in [3.8, 4) is 0 Å². The van der Waals surface area contributed by atoms with E-state index in [1.54, 1.807) is 13.8 Å². The maximum Gasteiger partial charge on any atom is 0.306 e. The van der Waals surface area contributed by atoms with E-state index in [4.69, 9.17) is 14.2 Å². The third kappa shape index (κ3) is 3.62. The summed E-state index contributed by atoms with van der Waals surface area (Å²) in [4.78, 5) is 40.0. The molecule has 0 unspecified atom stereocenters. The predicted molar refractivity (Wildman–Crippen MR) is 123 cm³/mol. The lowest BCUT2D eigenvalue weighted by atomic mass is 9.37. The van der Waals surface area contributed by atoms with Crippen LogP contribution < -0.4 is 0 Å². The Kier molecular flexibility index (Phi) is 6.62. The number of hydrogen-bond acceptors (Lipinski definition) is 11. The summed E-state index contributed by atoms with van der Waals surface area (Å²) in [6.45, 7) is 6.69. The van der Waals surface area contributed by atoms with Crippen molar-refractivity contribution >= 4 is 17.5 Å². The summed E-state index contributed by atoms with van der Waals surface area (Å²) in [5.74, 6) is -3.33. The maximum absolute atomic E-state index is 14.3. The molecule has 15 atom stereocenters. The molecule has 0 aromatic carbocycles. The molecule has 2 aliphatic heterocycles. The minimum absolute atomic E-state index is 0.0401. The van der Waals surface area contributed by atoms with Gasteiger partial charge in [0, 0.05) is 29.1 Å². The van der Waals surface area contributed by atoms with Crippen molar-refractivity contribution < 1.29 is 54.1 Å². The Hall–Kier alpha value is -1.47. The third-order valence-corrected chi connectivity index (χ3v) is 10.6. The third-order valence-electron chi connectivity index (χ3n) is 10.6. The van der Waals surface area contributed by atoms with E-state index in [9.17, 15) is 39.9 Å². The van der Waals surface area contributed by atoms with Gasteiger partial charge >= 0.3 is 5.97 Å². The molecule has 11 heteroatoms. The molecule has 0 aromatic heterocycles. The smallest absolute Gasteiger partial charge is 0.306 e. The number of aliphatic hydroxyl groups excluding tert-OH is 5. The summed E-state index contributed by atoms with van der Waals surface area (Å²) in [7, 11) is 0. The Morgan fingerprint density at radius 1 is 0.973 bits per heavy atom. The van der Waals surface area contributed by atoms with Gasteiger partial charge in [-0.05, 0) is 30.6 Å². The minimum Gasteiger partial charge on any atom is -0.462 e. The molecule has 0 radical (unpaired) electrons. The van der Waals surface area contributed by atoms with Gasteiger partial charge in [-0.3, -0.25) is 14.4 Å². The fourth-order valence-corrected chi connectivity index (χ4v) is 8.65. The molecule has 2 saturated heterocycles. The van der Waals surface area contributed by atoms with Gasteiger partial charge in [0.2, 0.25) is 0 Å². The molecule has 0 amide bonds. The lowest BCUT2D eigenvalue weighted by Crippen LogP contribution is -2.74. The van der Waals surface area contributed by atoms with Gasteiger partial charge in [-0.25, -0.2) is 0 Å². The number of Topliss-reactive ketones (excluding diaryl/α,β-unsaturated/α-hetero) is 2. The summed E-state index contributed by atoms with van der Waals surface area (Å²) in [6.07, 6.45) is -9.90. The Balaban J connectivity index is 1.51. The first-order valence-corrected chi connectivity index (χ1v) is 13.2. The molecule has 5 fully saturated rings. The van der Waals surface area contributed by atoms with E-state index in [1.165, 1.54) is 0 Å². The number of carbonyl (C=O) groups is 3. The predicted octanol–water partition coefficient (Wildman–Crippen LogP) is -1.06. The second-order valence-corrected chi connectivity index (χ2v) is 12.3. The molecule has 0 spiro atoms. The zero-order valence-corrected chi connectivity index (χ0v) is 21.5. The van der Waals surface area contributed by atoms with Crippen LogP contribution in [-0.4, -0.2) is 98.7 Å². The van der Waals surface area contributed by atoms with Gasteiger partial charge in [0.05, 0.1) is 6.61 Å². The van der Waals surface area contributed by atoms with E-state index < -0.39 is 78.3 Å². The number of esters is 1. The molecule has 5 aliphatic rings. The van der Waals surface area contributed by atoms with Crippen LogP contribution in [0.15, 0.2) is 0 Å². The number of aliphatic hydroxyl groups is 5. The van der Waals surface area contributed by atoms with Gasteiger partial charge in [-0.1, -0.05) is 27.7 Å². The van der Waals surface area contributed by atoms with Gasteiger partial charge in [0.1, 0.15) is 42.7 Å². The zero-order valence-electron chi connectivity index (χ0n) is 21.5. The molecule has 208 valence electrons. The largest absolute Gasteiger partial charge is 0.462 e. The van der Waals surface area contributed by atoms with E-state index in [-0.39, 0.29) is 48.1 Å². The summed E-state index contributed by atoms with van der Waals surface area (Å²) < 4.78 is 17.3. The van der Waals surface area contributed by atoms with Crippen LogP contribution in [0.5, 0.6) is 0 Å². The fourth-order valence-electron chi connectivity index (χ4n) is 8.65. The van der Waals surface area contributed by atoms with Gasteiger partial charge in [0.15, 0.2) is 17.9 Å². The number of rotatable bonds is 3. The SMILES string of the molecule is C[C@@H]1C[C@H](O[C@@H]2O[C@H](CO)[C@@H](O)[C@H](O)[C@H]2O)C(=O)[C@]2(C)[C@H]3[C@H](O)C(=O)[C@H](C)[C@@H]4CC(=O)O[C@H](C[C@@H]12)[C@]34C. The number of ether oxygens (including phenoxy) is 3. The van der Waals surface area contributed by atoms with Crippen LogP contribution >= 0.6 is 0 Å². The fraction of sp³-hybridized carbons (Fsp3) is 0.885. The summed E-state index contributed by atoms with van der Waals surface area (Å²) >= 11 is 0. The molecule has 0 bridgehead atoms. The Morgan fingerprint density at radius 2 is 1.65 bits per heavy atom. The van der Waals surface area contributed by atoms with E-state index >= 15 is 0 Å². The number of fused-ring (bicyclic) bond motifs is 2. The summed E-state index contributed by atoms with van der Waals surface area (Å²) in [5, 5.41) is 51.6. The molecule has 2 heterocycles. The first-order chi connectivity index (χ1) is 17.3. The number of hydrogen-bond donors (Lipinski definition) is 5. The van der Waals surface area contributed by atoms with Crippen molar-refractivity contribution in [1.29, 1.82) is 0 Å². The summed E-state index contributed by atoms with van der Waals surface area (Å²) in [6, 6.07) is 0. The van der Waals surface area contributed by atoms with Gasteiger partial charge in [-0.2, -0.15) is 0 Å². The molecule has 5 rings (SSSR count). The van der Waals surface area contributed by atoms with E-state index in [0.29, 0.717) is 6.42 Å². The van der Waals surface area contributed by atoms with E-state index in [2.05, 4.69) is 0 Å². The van der Waals surface area contributed by atoms with Gasteiger partial charge in [-0.15, -0.1) is 0 Å². The van der Waals surface area contributed by atoms with Crippen molar-refractivity contribution in [1.82, 2.24) is 0 Å². The minimum atomic E-state index is -1.66. The molecular formula is C26H38O11. The maximum atomic E-state index is 14.3. The first-order valence-electron chi connectivity index (χ1n) is 13.2. The highest BCUT2D eigenvalue weighted by molar-refractivity contribution is 5.94. The zero-order chi connectivity index (χ0) is 27.2. The normalized spacial score (nSPS) is 55.8. The molecule has 11 nitrogen and oxygen atoms in total.